The van der Waals surface area contributed by atoms with Crippen LogP contribution in [0.15, 0.2) is 30.3 Å². The van der Waals surface area contributed by atoms with Gasteiger partial charge < -0.3 is 30.9 Å². The van der Waals surface area contributed by atoms with E-state index < -0.39 is 36.6 Å². The lowest BCUT2D eigenvalue weighted by molar-refractivity contribution is -0.131. The number of anilines is 2. The maximum absolute atomic E-state index is 13.5. The number of phenols is 1. The van der Waals surface area contributed by atoms with Gasteiger partial charge in [0.1, 0.15) is 17.3 Å². The highest BCUT2D eigenvalue weighted by Crippen LogP contribution is 2.42. The third kappa shape index (κ3) is 8.64. The first-order valence-corrected chi connectivity index (χ1v) is 14.7. The molecule has 2 aromatic carbocycles. The van der Waals surface area contributed by atoms with Crippen molar-refractivity contribution < 1.29 is 34.5 Å². The molecular weight excluding hydrogens is 550 g/mol. The lowest BCUT2D eigenvalue weighted by atomic mass is 9.73. The van der Waals surface area contributed by atoms with Crippen molar-refractivity contribution in [2.45, 2.75) is 51.4 Å². The number of aryl methyl sites for hydroxylation is 1. The van der Waals surface area contributed by atoms with Gasteiger partial charge in [-0.25, -0.2) is 0 Å². The molecule has 1 amide bonds. The minimum atomic E-state index is -0.872. The van der Waals surface area contributed by atoms with Crippen molar-refractivity contribution in [3.05, 3.63) is 52.6 Å². The van der Waals surface area contributed by atoms with Gasteiger partial charge in [-0.05, 0) is 72.4 Å². The van der Waals surface area contributed by atoms with Gasteiger partial charge in [-0.1, -0.05) is 12.1 Å². The molecule has 10 nitrogen and oxygen atoms in total. The smallest absolute Gasteiger partial charge is 0.224 e. The van der Waals surface area contributed by atoms with Crippen molar-refractivity contribution in [3.63, 3.8) is 0 Å². The fraction of sp³-hybridized carbons (Fsp3) is 0.515. The first-order valence-electron chi connectivity index (χ1n) is 14.7. The molecule has 0 saturated carbocycles. The highest BCUT2D eigenvalue weighted by molar-refractivity contribution is 6.03. The minimum absolute atomic E-state index is 0.0340. The number of aromatic hydroxyl groups is 1. The zero-order chi connectivity index (χ0) is 31.8. The van der Waals surface area contributed by atoms with E-state index >= 15 is 0 Å². The summed E-state index contributed by atoms with van der Waals surface area (Å²) in [5.41, 5.74) is 9.44. The van der Waals surface area contributed by atoms with E-state index in [1.54, 1.807) is 0 Å². The van der Waals surface area contributed by atoms with E-state index in [0.717, 1.165) is 16.9 Å². The van der Waals surface area contributed by atoms with Gasteiger partial charge in [0.2, 0.25) is 5.91 Å². The molecule has 234 valence electrons. The summed E-state index contributed by atoms with van der Waals surface area (Å²) >= 11 is 0. The number of phenolic OH excluding ortho intramolecular Hbond substituents is 1. The summed E-state index contributed by atoms with van der Waals surface area (Å²) in [4.78, 5) is 54.1. The number of primary amides is 1. The molecule has 3 atom stereocenters. The Balaban J connectivity index is 1.79. The van der Waals surface area contributed by atoms with Crippen LogP contribution in [0.1, 0.15) is 59.2 Å². The topological polar surface area (TPSA) is 161 Å². The summed E-state index contributed by atoms with van der Waals surface area (Å²) in [5.74, 6) is -3.06. The van der Waals surface area contributed by atoms with E-state index in [4.69, 9.17) is 5.73 Å². The number of aliphatic hydroxyl groups is 2. The van der Waals surface area contributed by atoms with Crippen LogP contribution in [0.2, 0.25) is 0 Å². The lowest BCUT2D eigenvalue weighted by Gasteiger charge is -2.33. The van der Waals surface area contributed by atoms with Crippen LogP contribution in [0.25, 0.3) is 0 Å². The average Bonchev–Trinajstić information content (AvgIpc) is 2.92. The fourth-order valence-corrected chi connectivity index (χ4v) is 6.14. The summed E-state index contributed by atoms with van der Waals surface area (Å²) in [5, 5.41) is 30.8. The SMILES string of the molecule is CN(C)c1ccc(CC(=O)CCc2cc(N(C)C)c3c(c2O)C(=O)CC(CC(CCO)C(CO)C(=O)CC(N)=O)C3)cc1. The predicted molar refractivity (Wildman–Crippen MR) is 166 cm³/mol. The molecule has 0 radical (unpaired) electrons. The molecule has 1 aliphatic rings. The van der Waals surface area contributed by atoms with Gasteiger partial charge in [-0.3, -0.25) is 19.2 Å². The molecule has 3 rings (SSSR count). The number of hydrogen-bond acceptors (Lipinski definition) is 9. The summed E-state index contributed by atoms with van der Waals surface area (Å²) in [6.45, 7) is -0.698. The number of carbonyl (C=O) groups is 4. The Bertz CT molecular complexity index is 1320. The molecule has 43 heavy (non-hydrogen) atoms. The Morgan fingerprint density at radius 2 is 1.70 bits per heavy atom. The van der Waals surface area contributed by atoms with E-state index in [1.807, 2.05) is 68.3 Å². The van der Waals surface area contributed by atoms with Crippen molar-refractivity contribution in [1.82, 2.24) is 0 Å². The number of benzene rings is 2. The van der Waals surface area contributed by atoms with Gasteiger partial charge in [0.25, 0.3) is 0 Å². The van der Waals surface area contributed by atoms with E-state index in [2.05, 4.69) is 0 Å². The van der Waals surface area contributed by atoms with E-state index in [1.165, 1.54) is 0 Å². The van der Waals surface area contributed by atoms with Crippen molar-refractivity contribution in [3.8, 4) is 5.75 Å². The van der Waals surface area contributed by atoms with E-state index in [9.17, 15) is 34.5 Å². The normalized spacial score (nSPS) is 15.9. The maximum Gasteiger partial charge on any atom is 0.224 e. The Morgan fingerprint density at radius 1 is 1.02 bits per heavy atom. The van der Waals surface area contributed by atoms with E-state index in [0.29, 0.717) is 30.4 Å². The number of carbonyl (C=O) groups excluding carboxylic acids is 4. The van der Waals surface area contributed by atoms with Crippen LogP contribution in [0.4, 0.5) is 11.4 Å². The molecule has 2 aromatic rings. The highest BCUT2D eigenvalue weighted by Gasteiger charge is 2.36. The van der Waals surface area contributed by atoms with Gasteiger partial charge in [-0.15, -0.1) is 0 Å². The van der Waals surface area contributed by atoms with Gasteiger partial charge in [-0.2, -0.15) is 0 Å². The van der Waals surface area contributed by atoms with Gasteiger partial charge in [0.05, 0.1) is 18.6 Å². The largest absolute Gasteiger partial charge is 0.507 e. The number of fused-ring (bicyclic) bond motifs is 1. The van der Waals surface area contributed by atoms with Gasteiger partial charge in [0, 0.05) is 71.4 Å². The second-order valence-corrected chi connectivity index (χ2v) is 12.0. The van der Waals surface area contributed by atoms with Crippen LogP contribution < -0.4 is 15.5 Å². The molecule has 10 heteroatoms. The molecule has 0 fully saturated rings. The number of ketones is 3. The number of nitrogens with zero attached hydrogens (tertiary/aromatic N) is 2. The predicted octanol–water partition coefficient (Wildman–Crippen LogP) is 2.46. The third-order valence-corrected chi connectivity index (χ3v) is 8.38. The summed E-state index contributed by atoms with van der Waals surface area (Å²) in [6.07, 6.45) is 1.49. The fourth-order valence-electron chi connectivity index (χ4n) is 6.14. The quantitative estimate of drug-likeness (QED) is 0.214. The second kappa shape index (κ2) is 15.1. The Hall–Kier alpha value is -3.76. The van der Waals surface area contributed by atoms with Crippen molar-refractivity contribution in [2.24, 2.45) is 23.5 Å². The van der Waals surface area contributed by atoms with Crippen molar-refractivity contribution in [2.75, 3.05) is 51.2 Å². The van der Waals surface area contributed by atoms with Crippen LogP contribution in [0, 0.1) is 17.8 Å². The Morgan fingerprint density at radius 3 is 2.26 bits per heavy atom. The molecule has 3 unspecified atom stereocenters. The molecule has 5 N–H and O–H groups in total. The van der Waals surface area contributed by atoms with Crippen LogP contribution in [-0.2, 0) is 33.6 Å². The average molecular weight is 596 g/mol. The lowest BCUT2D eigenvalue weighted by Crippen LogP contribution is -2.34. The molecule has 0 bridgehead atoms. The van der Waals surface area contributed by atoms with Crippen LogP contribution in [0.5, 0.6) is 5.75 Å². The monoisotopic (exact) mass is 595 g/mol. The summed E-state index contributed by atoms with van der Waals surface area (Å²) in [6, 6.07) is 9.64. The first kappa shape index (κ1) is 33.7. The number of hydrogen-bond donors (Lipinski definition) is 4. The first-order chi connectivity index (χ1) is 20.4. The van der Waals surface area contributed by atoms with E-state index in [-0.39, 0.29) is 61.1 Å². The van der Waals surface area contributed by atoms with Crippen molar-refractivity contribution >= 4 is 34.6 Å². The number of nitrogens with two attached hydrogens (primary N) is 1. The highest BCUT2D eigenvalue weighted by atomic mass is 16.3. The number of Topliss-reactive ketones (excluding diaryl/α,β-unsaturated/α-hetero) is 3. The molecule has 0 spiro atoms. The van der Waals surface area contributed by atoms with Crippen molar-refractivity contribution in [1.29, 1.82) is 0 Å². The standard InChI is InChI=1S/C33H45N3O7/c1-35(2)24-8-5-20(6-9-24)14-25(39)10-7-23-17-28(36(3)4)26-15-21(16-30(41)32(26)33(23)43)13-22(11-12-37)27(19-38)29(40)18-31(34)42/h5-6,8-9,17,21-22,27,37-38,43H,7,10-16,18-19H2,1-4H3,(H2,34,42). The Labute approximate surface area is 253 Å². The minimum Gasteiger partial charge on any atom is -0.507 e. The van der Waals surface area contributed by atoms with Gasteiger partial charge in [0.15, 0.2) is 5.78 Å². The van der Waals surface area contributed by atoms with Crippen LogP contribution in [0.3, 0.4) is 0 Å². The molecule has 1 aliphatic carbocycles. The van der Waals surface area contributed by atoms with Gasteiger partial charge >= 0.3 is 0 Å². The molecule has 0 heterocycles. The zero-order valence-corrected chi connectivity index (χ0v) is 25.6. The maximum atomic E-state index is 13.5. The molecule has 0 aliphatic heterocycles. The molecule has 0 saturated heterocycles. The summed E-state index contributed by atoms with van der Waals surface area (Å²) < 4.78 is 0. The summed E-state index contributed by atoms with van der Waals surface area (Å²) in [7, 11) is 7.61. The molecular formula is C33H45N3O7. The van der Waals surface area contributed by atoms with Crippen LogP contribution >= 0.6 is 0 Å². The third-order valence-electron chi connectivity index (χ3n) is 8.38. The Kier molecular flexibility index (Phi) is 11.9. The second-order valence-electron chi connectivity index (χ2n) is 12.0. The number of amides is 1. The number of aliphatic hydroxyl groups excluding tert-OH is 2. The zero-order valence-electron chi connectivity index (χ0n) is 25.6. The van der Waals surface area contributed by atoms with Crippen LogP contribution in [-0.4, -0.2) is 80.0 Å². The number of rotatable bonds is 16. The molecule has 0 aromatic heterocycles.